The molecule has 1 rings (SSSR count). The fourth-order valence-electron chi connectivity index (χ4n) is 1.02. The quantitative estimate of drug-likeness (QED) is 0.545. The van der Waals surface area contributed by atoms with Crippen LogP contribution in [0, 0.1) is 0 Å². The van der Waals surface area contributed by atoms with Gasteiger partial charge in [-0.2, -0.15) is 0 Å². The van der Waals surface area contributed by atoms with Gasteiger partial charge in [0.25, 0.3) is 0 Å². The van der Waals surface area contributed by atoms with Gasteiger partial charge in [0.15, 0.2) is 6.29 Å². The Hall–Kier alpha value is -1.35. The van der Waals surface area contributed by atoms with E-state index < -0.39 is 5.54 Å². The number of hydrogen-bond donors (Lipinski definition) is 2. The molecule has 0 saturated carbocycles. The predicted octanol–water partition coefficient (Wildman–Crippen LogP) is 0.242. The Morgan fingerprint density at radius 1 is 1.58 bits per heavy atom. The summed E-state index contributed by atoms with van der Waals surface area (Å²) in [5, 5.41) is 0. The van der Waals surface area contributed by atoms with Crippen molar-refractivity contribution in [3.05, 3.63) is 35.6 Å². The molecule has 1 aliphatic rings. The van der Waals surface area contributed by atoms with Crippen molar-refractivity contribution in [2.24, 2.45) is 11.5 Å². The van der Waals surface area contributed by atoms with Crippen molar-refractivity contribution in [1.29, 1.82) is 0 Å². The Bertz CT molecular complexity index is 285. The first-order chi connectivity index (χ1) is 5.55. The van der Waals surface area contributed by atoms with E-state index in [2.05, 4.69) is 0 Å². The highest BCUT2D eigenvalue weighted by atomic mass is 16.1. The molecule has 64 valence electrons. The largest absolute Gasteiger partial charge is 0.398 e. The van der Waals surface area contributed by atoms with E-state index in [9.17, 15) is 4.79 Å². The second-order valence-corrected chi connectivity index (χ2v) is 3.06. The van der Waals surface area contributed by atoms with E-state index in [1.54, 1.807) is 31.2 Å². The first kappa shape index (κ1) is 8.74. The molecule has 0 spiro atoms. The van der Waals surface area contributed by atoms with Crippen LogP contribution in [0.4, 0.5) is 0 Å². The SMILES string of the molecule is CC1(N)C=CC=C(N)C(C=O)=C1. The molecule has 3 nitrogen and oxygen atoms in total. The average molecular weight is 164 g/mol. The molecule has 0 aliphatic heterocycles. The Labute approximate surface area is 71.4 Å². The molecule has 1 atom stereocenters. The molecule has 4 N–H and O–H groups in total. The third kappa shape index (κ3) is 1.83. The van der Waals surface area contributed by atoms with Crippen molar-refractivity contribution in [3.8, 4) is 0 Å². The van der Waals surface area contributed by atoms with Crippen molar-refractivity contribution < 1.29 is 4.79 Å². The van der Waals surface area contributed by atoms with Gasteiger partial charge in [0.05, 0.1) is 5.54 Å². The fourth-order valence-corrected chi connectivity index (χ4v) is 1.02. The molecule has 0 aromatic heterocycles. The molecule has 0 aromatic rings. The molecule has 0 aromatic carbocycles. The number of carbonyl (C=O) groups excluding carboxylic acids is 1. The van der Waals surface area contributed by atoms with Crippen LogP contribution in [0.3, 0.4) is 0 Å². The fraction of sp³-hybridized carbons (Fsp3) is 0.222. The predicted molar refractivity (Wildman–Crippen MR) is 48.1 cm³/mol. The number of rotatable bonds is 1. The topological polar surface area (TPSA) is 69.1 Å². The summed E-state index contributed by atoms with van der Waals surface area (Å²) in [6, 6.07) is 0. The first-order valence-corrected chi connectivity index (χ1v) is 3.67. The van der Waals surface area contributed by atoms with Crippen LogP contribution in [0.5, 0.6) is 0 Å². The smallest absolute Gasteiger partial charge is 0.151 e. The van der Waals surface area contributed by atoms with E-state index in [1.807, 2.05) is 0 Å². The summed E-state index contributed by atoms with van der Waals surface area (Å²) in [5.74, 6) is 0. The van der Waals surface area contributed by atoms with Gasteiger partial charge in [-0.3, -0.25) is 4.79 Å². The van der Waals surface area contributed by atoms with Crippen LogP contribution in [0.2, 0.25) is 0 Å². The van der Waals surface area contributed by atoms with E-state index in [0.717, 1.165) is 0 Å². The van der Waals surface area contributed by atoms with Gasteiger partial charge in [0.2, 0.25) is 0 Å². The van der Waals surface area contributed by atoms with Crippen molar-refractivity contribution in [3.63, 3.8) is 0 Å². The lowest BCUT2D eigenvalue weighted by atomic mass is 10.0. The number of allylic oxidation sites excluding steroid dienone is 3. The number of hydrogen-bond acceptors (Lipinski definition) is 3. The molecule has 0 saturated heterocycles. The molecule has 3 heteroatoms. The maximum absolute atomic E-state index is 10.5. The zero-order valence-corrected chi connectivity index (χ0v) is 6.95. The molecule has 0 bridgehead atoms. The molecule has 0 fully saturated rings. The molecule has 0 radical (unpaired) electrons. The number of carbonyl (C=O) groups is 1. The summed E-state index contributed by atoms with van der Waals surface area (Å²) in [4.78, 5) is 10.5. The lowest BCUT2D eigenvalue weighted by Gasteiger charge is -2.14. The molecule has 0 heterocycles. The lowest BCUT2D eigenvalue weighted by Crippen LogP contribution is -2.31. The monoisotopic (exact) mass is 164 g/mol. The van der Waals surface area contributed by atoms with Crippen molar-refractivity contribution in [1.82, 2.24) is 0 Å². The molecular weight excluding hydrogens is 152 g/mol. The second kappa shape index (κ2) is 2.95. The summed E-state index contributed by atoms with van der Waals surface area (Å²) in [6.07, 6.45) is 7.57. The van der Waals surface area contributed by atoms with Gasteiger partial charge in [0, 0.05) is 11.3 Å². The summed E-state index contributed by atoms with van der Waals surface area (Å²) in [5.41, 5.74) is 11.7. The van der Waals surface area contributed by atoms with E-state index in [1.165, 1.54) is 0 Å². The van der Waals surface area contributed by atoms with Crippen LogP contribution in [0.25, 0.3) is 0 Å². The van der Waals surface area contributed by atoms with E-state index in [-0.39, 0.29) is 0 Å². The van der Waals surface area contributed by atoms with Crippen LogP contribution in [0.1, 0.15) is 6.92 Å². The summed E-state index contributed by atoms with van der Waals surface area (Å²) in [6.45, 7) is 1.80. The van der Waals surface area contributed by atoms with Gasteiger partial charge < -0.3 is 11.5 Å². The summed E-state index contributed by atoms with van der Waals surface area (Å²) in [7, 11) is 0. The minimum absolute atomic E-state index is 0.449. The van der Waals surface area contributed by atoms with E-state index in [4.69, 9.17) is 11.5 Å². The van der Waals surface area contributed by atoms with Crippen LogP contribution in [-0.4, -0.2) is 11.8 Å². The van der Waals surface area contributed by atoms with Gasteiger partial charge in [-0.05, 0) is 19.1 Å². The molecule has 1 aliphatic carbocycles. The zero-order valence-electron chi connectivity index (χ0n) is 6.95. The van der Waals surface area contributed by atoms with Gasteiger partial charge in [-0.15, -0.1) is 0 Å². The Kier molecular flexibility index (Phi) is 2.15. The molecule has 12 heavy (non-hydrogen) atoms. The standard InChI is InChI=1S/C9H12N2O/c1-9(11)4-2-3-8(10)7(5-9)6-12/h2-6H,10-11H2,1H3. The Morgan fingerprint density at radius 3 is 2.83 bits per heavy atom. The Morgan fingerprint density at radius 2 is 2.25 bits per heavy atom. The average Bonchev–Trinajstić information content (AvgIpc) is 2.10. The van der Waals surface area contributed by atoms with Crippen LogP contribution < -0.4 is 11.5 Å². The molecule has 1 unspecified atom stereocenters. The summed E-state index contributed by atoms with van der Waals surface area (Å²) < 4.78 is 0. The highest BCUT2D eigenvalue weighted by molar-refractivity contribution is 5.80. The van der Waals surface area contributed by atoms with Crippen LogP contribution >= 0.6 is 0 Å². The normalized spacial score (nSPS) is 28.8. The maximum Gasteiger partial charge on any atom is 0.151 e. The summed E-state index contributed by atoms with van der Waals surface area (Å²) >= 11 is 0. The third-order valence-corrected chi connectivity index (χ3v) is 1.66. The van der Waals surface area contributed by atoms with E-state index in [0.29, 0.717) is 17.6 Å². The van der Waals surface area contributed by atoms with Gasteiger partial charge in [-0.1, -0.05) is 12.2 Å². The Balaban J connectivity index is 3.11. The molecular formula is C9H12N2O. The first-order valence-electron chi connectivity index (χ1n) is 3.67. The minimum atomic E-state index is -0.589. The number of aldehydes is 1. The van der Waals surface area contributed by atoms with Crippen LogP contribution in [0.15, 0.2) is 35.6 Å². The highest BCUT2D eigenvalue weighted by Gasteiger charge is 2.14. The van der Waals surface area contributed by atoms with Gasteiger partial charge in [-0.25, -0.2) is 0 Å². The maximum atomic E-state index is 10.5. The van der Waals surface area contributed by atoms with Crippen molar-refractivity contribution in [2.45, 2.75) is 12.5 Å². The van der Waals surface area contributed by atoms with Crippen molar-refractivity contribution in [2.75, 3.05) is 0 Å². The third-order valence-electron chi connectivity index (χ3n) is 1.66. The second-order valence-electron chi connectivity index (χ2n) is 3.06. The molecule has 0 amide bonds. The van der Waals surface area contributed by atoms with E-state index >= 15 is 0 Å². The minimum Gasteiger partial charge on any atom is -0.398 e. The van der Waals surface area contributed by atoms with Gasteiger partial charge >= 0.3 is 0 Å². The van der Waals surface area contributed by atoms with Gasteiger partial charge in [0.1, 0.15) is 0 Å². The zero-order chi connectivity index (χ0) is 9.19. The van der Waals surface area contributed by atoms with Crippen molar-refractivity contribution >= 4 is 6.29 Å². The van der Waals surface area contributed by atoms with Crippen LogP contribution in [-0.2, 0) is 4.79 Å². The number of nitrogens with two attached hydrogens (primary N) is 2. The highest BCUT2D eigenvalue weighted by Crippen LogP contribution is 2.14. The lowest BCUT2D eigenvalue weighted by molar-refractivity contribution is -0.104.